The van der Waals surface area contributed by atoms with Crippen LogP contribution in [0.5, 0.6) is 0 Å². The van der Waals surface area contributed by atoms with E-state index in [4.69, 9.17) is 17.3 Å². The molecule has 1 unspecified atom stereocenters. The van der Waals surface area contributed by atoms with Gasteiger partial charge in [0.25, 0.3) is 0 Å². The third kappa shape index (κ3) is 2.57. The van der Waals surface area contributed by atoms with Crippen molar-refractivity contribution in [2.45, 2.75) is 6.04 Å². The predicted molar refractivity (Wildman–Crippen MR) is 63.8 cm³/mol. The topological polar surface area (TPSA) is 26.0 Å². The Balaban J connectivity index is 2.56. The third-order valence-corrected chi connectivity index (χ3v) is 3.01. The Bertz CT molecular complexity index is 610. The van der Waals surface area contributed by atoms with E-state index in [9.17, 15) is 17.6 Å². The lowest BCUT2D eigenvalue weighted by atomic mass is 9.98. The van der Waals surface area contributed by atoms with Crippen LogP contribution in [0.25, 0.3) is 0 Å². The third-order valence-electron chi connectivity index (χ3n) is 2.69. The van der Waals surface area contributed by atoms with E-state index in [1.165, 1.54) is 6.07 Å². The molecule has 0 saturated heterocycles. The lowest BCUT2D eigenvalue weighted by Gasteiger charge is -2.16. The molecule has 0 fully saturated rings. The Labute approximate surface area is 111 Å². The van der Waals surface area contributed by atoms with Crippen LogP contribution in [-0.2, 0) is 0 Å². The van der Waals surface area contributed by atoms with Crippen LogP contribution in [0.15, 0.2) is 30.3 Å². The van der Waals surface area contributed by atoms with Crippen LogP contribution < -0.4 is 5.73 Å². The molecule has 100 valence electrons. The molecule has 0 aromatic heterocycles. The Morgan fingerprint density at radius 3 is 2.00 bits per heavy atom. The van der Waals surface area contributed by atoms with Crippen molar-refractivity contribution in [3.05, 3.63) is 69.8 Å². The Hall–Kier alpha value is -1.59. The fraction of sp³-hybridized carbons (Fsp3) is 0.0769. The van der Waals surface area contributed by atoms with E-state index in [0.29, 0.717) is 6.07 Å². The van der Waals surface area contributed by atoms with Crippen LogP contribution in [0, 0.1) is 23.3 Å². The zero-order valence-corrected chi connectivity index (χ0v) is 10.2. The van der Waals surface area contributed by atoms with Crippen molar-refractivity contribution in [1.82, 2.24) is 0 Å². The maximum Gasteiger partial charge on any atom is 0.160 e. The molecule has 0 bridgehead atoms. The van der Waals surface area contributed by atoms with Crippen LogP contribution in [0.2, 0.25) is 5.02 Å². The van der Waals surface area contributed by atoms with Crippen molar-refractivity contribution in [2.75, 3.05) is 0 Å². The maximum absolute atomic E-state index is 13.6. The van der Waals surface area contributed by atoms with Gasteiger partial charge in [0.15, 0.2) is 11.6 Å². The average molecular weight is 290 g/mol. The summed E-state index contributed by atoms with van der Waals surface area (Å²) in [4.78, 5) is 0. The standard InChI is InChI=1S/C13H8ClF4N/c14-7-5-11(18)10(17)4-6(7)13(19)12-8(15)2-1-3-9(12)16/h1-5,13H,19H2. The molecule has 6 heteroatoms. The Morgan fingerprint density at radius 1 is 0.895 bits per heavy atom. The van der Waals surface area contributed by atoms with Gasteiger partial charge < -0.3 is 5.73 Å². The highest BCUT2D eigenvalue weighted by Crippen LogP contribution is 2.31. The molecule has 1 atom stereocenters. The molecule has 0 aliphatic rings. The van der Waals surface area contributed by atoms with Gasteiger partial charge in [-0.2, -0.15) is 0 Å². The predicted octanol–water partition coefficient (Wildman–Crippen LogP) is 3.94. The molecule has 1 nitrogen and oxygen atoms in total. The van der Waals surface area contributed by atoms with Crippen molar-refractivity contribution >= 4 is 11.6 Å². The van der Waals surface area contributed by atoms with Gasteiger partial charge in [-0.05, 0) is 29.8 Å². The zero-order valence-electron chi connectivity index (χ0n) is 9.43. The van der Waals surface area contributed by atoms with Gasteiger partial charge in [-0.25, -0.2) is 17.6 Å². The zero-order chi connectivity index (χ0) is 14.2. The first kappa shape index (κ1) is 13.8. The molecule has 0 heterocycles. The minimum Gasteiger partial charge on any atom is -0.320 e. The second-order valence-corrected chi connectivity index (χ2v) is 4.31. The molecule has 0 aliphatic carbocycles. The lowest BCUT2D eigenvalue weighted by molar-refractivity contribution is 0.504. The number of nitrogens with two attached hydrogens (primary N) is 1. The fourth-order valence-electron chi connectivity index (χ4n) is 1.74. The van der Waals surface area contributed by atoms with Crippen LogP contribution in [-0.4, -0.2) is 0 Å². The van der Waals surface area contributed by atoms with Gasteiger partial charge >= 0.3 is 0 Å². The van der Waals surface area contributed by atoms with Crippen LogP contribution in [0.4, 0.5) is 17.6 Å². The first-order chi connectivity index (χ1) is 8.91. The van der Waals surface area contributed by atoms with Gasteiger partial charge in [-0.3, -0.25) is 0 Å². The highest BCUT2D eigenvalue weighted by molar-refractivity contribution is 6.31. The van der Waals surface area contributed by atoms with Gasteiger partial charge in [0.05, 0.1) is 6.04 Å². The van der Waals surface area contributed by atoms with E-state index in [1.807, 2.05) is 0 Å². The van der Waals surface area contributed by atoms with E-state index < -0.39 is 34.9 Å². The molecule has 2 aromatic carbocycles. The molecule has 0 saturated carbocycles. The maximum atomic E-state index is 13.6. The van der Waals surface area contributed by atoms with Crippen molar-refractivity contribution in [3.63, 3.8) is 0 Å². The first-order valence-corrected chi connectivity index (χ1v) is 5.63. The SMILES string of the molecule is NC(c1cc(F)c(F)cc1Cl)c1c(F)cccc1F. The van der Waals surface area contributed by atoms with Crippen molar-refractivity contribution in [1.29, 1.82) is 0 Å². The van der Waals surface area contributed by atoms with Gasteiger partial charge in [0.2, 0.25) is 0 Å². The fourth-order valence-corrected chi connectivity index (χ4v) is 2.01. The molecule has 2 rings (SSSR count). The normalized spacial score (nSPS) is 12.5. The van der Waals surface area contributed by atoms with Gasteiger partial charge in [0, 0.05) is 10.6 Å². The highest BCUT2D eigenvalue weighted by Gasteiger charge is 2.22. The summed E-state index contributed by atoms with van der Waals surface area (Å²) in [5.74, 6) is -4.11. The second kappa shape index (κ2) is 5.19. The van der Waals surface area contributed by atoms with E-state index in [0.717, 1.165) is 18.2 Å². The summed E-state index contributed by atoms with van der Waals surface area (Å²) in [6, 6.07) is 3.33. The number of halogens is 5. The summed E-state index contributed by atoms with van der Waals surface area (Å²) >= 11 is 5.72. The molecule has 19 heavy (non-hydrogen) atoms. The largest absolute Gasteiger partial charge is 0.320 e. The summed E-state index contributed by atoms with van der Waals surface area (Å²) in [5, 5.41) is -0.200. The summed E-state index contributed by atoms with van der Waals surface area (Å²) in [7, 11) is 0. The second-order valence-electron chi connectivity index (χ2n) is 3.90. The van der Waals surface area contributed by atoms with E-state index >= 15 is 0 Å². The Morgan fingerprint density at radius 2 is 1.42 bits per heavy atom. The highest BCUT2D eigenvalue weighted by atomic mass is 35.5. The average Bonchev–Trinajstić information content (AvgIpc) is 2.33. The number of hydrogen-bond acceptors (Lipinski definition) is 1. The number of hydrogen-bond donors (Lipinski definition) is 1. The minimum atomic E-state index is -1.33. The molecular formula is C13H8ClF4N. The molecule has 0 radical (unpaired) electrons. The molecular weight excluding hydrogens is 282 g/mol. The summed E-state index contributed by atoms with van der Waals surface area (Å²) in [6.07, 6.45) is 0. The number of rotatable bonds is 2. The first-order valence-electron chi connectivity index (χ1n) is 5.25. The molecule has 0 amide bonds. The molecule has 2 aromatic rings. The van der Waals surface area contributed by atoms with Gasteiger partial charge in [0.1, 0.15) is 11.6 Å². The lowest BCUT2D eigenvalue weighted by Crippen LogP contribution is -2.16. The summed E-state index contributed by atoms with van der Waals surface area (Å²) < 4.78 is 53.2. The van der Waals surface area contributed by atoms with Crippen LogP contribution >= 0.6 is 11.6 Å². The molecule has 2 N–H and O–H groups in total. The van der Waals surface area contributed by atoms with Crippen molar-refractivity contribution < 1.29 is 17.6 Å². The quantitative estimate of drug-likeness (QED) is 0.657. The summed E-state index contributed by atoms with van der Waals surface area (Å²) in [6.45, 7) is 0. The monoisotopic (exact) mass is 289 g/mol. The Kier molecular flexibility index (Phi) is 3.78. The van der Waals surface area contributed by atoms with Crippen LogP contribution in [0.1, 0.15) is 17.2 Å². The van der Waals surface area contributed by atoms with E-state index in [-0.39, 0.29) is 10.6 Å². The summed E-state index contributed by atoms with van der Waals surface area (Å²) in [5.41, 5.74) is 5.14. The molecule has 0 spiro atoms. The molecule has 0 aliphatic heterocycles. The van der Waals surface area contributed by atoms with Crippen LogP contribution in [0.3, 0.4) is 0 Å². The van der Waals surface area contributed by atoms with Gasteiger partial charge in [-0.1, -0.05) is 17.7 Å². The smallest absolute Gasteiger partial charge is 0.160 e. The van der Waals surface area contributed by atoms with E-state index in [1.54, 1.807) is 0 Å². The van der Waals surface area contributed by atoms with Gasteiger partial charge in [-0.15, -0.1) is 0 Å². The number of benzene rings is 2. The van der Waals surface area contributed by atoms with Crippen molar-refractivity contribution in [3.8, 4) is 0 Å². The van der Waals surface area contributed by atoms with E-state index in [2.05, 4.69) is 0 Å². The minimum absolute atomic E-state index is 0.0930. The van der Waals surface area contributed by atoms with Crippen molar-refractivity contribution in [2.24, 2.45) is 5.73 Å².